The zero-order valence-corrected chi connectivity index (χ0v) is 16.0. The number of nitro benzene ring substituents is 1. The van der Waals surface area contributed by atoms with Gasteiger partial charge in [0.1, 0.15) is 4.90 Å². The van der Waals surface area contributed by atoms with E-state index < -0.39 is 14.9 Å². The number of aryl methyl sites for hydroxylation is 2. The summed E-state index contributed by atoms with van der Waals surface area (Å²) in [5.41, 5.74) is 4.80. The number of anilines is 1. The molecule has 142 valence electrons. The van der Waals surface area contributed by atoms with Crippen molar-refractivity contribution in [2.75, 3.05) is 18.0 Å². The Bertz CT molecular complexity index is 1020. The lowest BCUT2D eigenvalue weighted by Gasteiger charge is -2.30. The number of primary sulfonamides is 1. The largest absolute Gasteiger partial charge is 0.366 e. The van der Waals surface area contributed by atoms with E-state index in [0.29, 0.717) is 19.5 Å². The second-order valence-electron chi connectivity index (χ2n) is 6.76. The van der Waals surface area contributed by atoms with E-state index in [9.17, 15) is 18.5 Å². The van der Waals surface area contributed by atoms with Crippen LogP contribution in [-0.2, 0) is 10.0 Å². The smallest absolute Gasteiger partial charge is 0.271 e. The molecule has 7 nitrogen and oxygen atoms in total. The van der Waals surface area contributed by atoms with Crippen molar-refractivity contribution >= 4 is 27.0 Å². The van der Waals surface area contributed by atoms with Crippen LogP contribution in [0.5, 0.6) is 0 Å². The third-order valence-electron chi connectivity index (χ3n) is 4.60. The van der Waals surface area contributed by atoms with E-state index in [2.05, 4.69) is 18.2 Å². The highest BCUT2D eigenvalue weighted by molar-refractivity contribution is 7.89. The van der Waals surface area contributed by atoms with E-state index >= 15 is 0 Å². The van der Waals surface area contributed by atoms with E-state index in [1.807, 2.05) is 19.9 Å². The summed E-state index contributed by atoms with van der Waals surface area (Å²) < 4.78 is 23.8. The number of hydrogen-bond acceptors (Lipinski definition) is 5. The van der Waals surface area contributed by atoms with Crippen molar-refractivity contribution in [3.8, 4) is 0 Å². The predicted molar refractivity (Wildman–Crippen MR) is 105 cm³/mol. The summed E-state index contributed by atoms with van der Waals surface area (Å²) >= 11 is 0. The normalized spacial score (nSPS) is 14.8. The lowest BCUT2D eigenvalue weighted by atomic mass is 9.96. The molecule has 0 unspecified atom stereocenters. The standard InChI is InChI=1S/C19H21N3O4S/c1-13-9-14(2)11-16(10-13)15-5-7-21(8-6-15)18-12-17(22(23)24)3-4-19(18)27(20,25)26/h3-5,9-12H,6-8H2,1-2H3,(H2,20,25,26). The molecular formula is C19H21N3O4S. The number of rotatable bonds is 4. The second-order valence-corrected chi connectivity index (χ2v) is 8.29. The fourth-order valence-corrected chi connectivity index (χ4v) is 4.15. The average molecular weight is 387 g/mol. The van der Waals surface area contributed by atoms with Gasteiger partial charge in [-0.3, -0.25) is 10.1 Å². The van der Waals surface area contributed by atoms with Crippen molar-refractivity contribution in [2.24, 2.45) is 5.14 Å². The summed E-state index contributed by atoms with van der Waals surface area (Å²) in [6, 6.07) is 9.99. The number of benzene rings is 2. The Labute approximate surface area is 158 Å². The van der Waals surface area contributed by atoms with Gasteiger partial charge in [0.05, 0.1) is 10.6 Å². The van der Waals surface area contributed by atoms with Crippen LogP contribution < -0.4 is 10.0 Å². The summed E-state index contributed by atoms with van der Waals surface area (Å²) in [4.78, 5) is 12.3. The first-order chi connectivity index (χ1) is 12.6. The minimum absolute atomic E-state index is 0.101. The first kappa shape index (κ1) is 19.1. The van der Waals surface area contributed by atoms with E-state index in [1.54, 1.807) is 4.90 Å². The molecule has 0 radical (unpaired) electrons. The summed E-state index contributed by atoms with van der Waals surface area (Å²) in [6.45, 7) is 5.09. The van der Waals surface area contributed by atoms with Crippen molar-refractivity contribution in [2.45, 2.75) is 25.2 Å². The highest BCUT2D eigenvalue weighted by atomic mass is 32.2. The molecule has 27 heavy (non-hydrogen) atoms. The van der Waals surface area contributed by atoms with Gasteiger partial charge in [0.25, 0.3) is 5.69 Å². The molecule has 0 spiro atoms. The van der Waals surface area contributed by atoms with Crippen LogP contribution in [0, 0.1) is 24.0 Å². The minimum Gasteiger partial charge on any atom is -0.366 e. The number of nitrogens with zero attached hydrogens (tertiary/aromatic N) is 2. The van der Waals surface area contributed by atoms with Crippen molar-refractivity contribution in [1.29, 1.82) is 0 Å². The highest BCUT2D eigenvalue weighted by Gasteiger charge is 2.24. The number of nitro groups is 1. The molecule has 2 aromatic carbocycles. The Morgan fingerprint density at radius 2 is 1.78 bits per heavy atom. The lowest BCUT2D eigenvalue weighted by Crippen LogP contribution is -2.30. The second kappa shape index (κ2) is 7.13. The molecule has 8 heteroatoms. The molecule has 0 fully saturated rings. The molecule has 1 aliphatic rings. The third kappa shape index (κ3) is 4.17. The maximum Gasteiger partial charge on any atom is 0.271 e. The number of sulfonamides is 1. The molecule has 1 heterocycles. The van der Waals surface area contributed by atoms with E-state index in [4.69, 9.17) is 5.14 Å². The summed E-state index contributed by atoms with van der Waals surface area (Å²) in [5, 5.41) is 16.4. The fraction of sp³-hybridized carbons (Fsp3) is 0.263. The Morgan fingerprint density at radius 3 is 2.30 bits per heavy atom. The molecule has 1 aliphatic heterocycles. The van der Waals surface area contributed by atoms with Gasteiger partial charge in [-0.25, -0.2) is 13.6 Å². The van der Waals surface area contributed by atoms with Gasteiger partial charge in [0.2, 0.25) is 10.0 Å². The Morgan fingerprint density at radius 1 is 1.11 bits per heavy atom. The number of non-ortho nitro benzene ring substituents is 1. The molecule has 0 aliphatic carbocycles. The monoisotopic (exact) mass is 387 g/mol. The lowest BCUT2D eigenvalue weighted by molar-refractivity contribution is -0.384. The fourth-order valence-electron chi connectivity index (χ4n) is 3.42. The average Bonchev–Trinajstić information content (AvgIpc) is 2.59. The molecule has 0 amide bonds. The molecule has 0 atom stereocenters. The molecular weight excluding hydrogens is 366 g/mol. The van der Waals surface area contributed by atoms with Crippen LogP contribution in [0.25, 0.3) is 5.57 Å². The van der Waals surface area contributed by atoms with Gasteiger partial charge in [-0.05, 0) is 37.5 Å². The van der Waals surface area contributed by atoms with Gasteiger partial charge >= 0.3 is 0 Å². The maximum atomic E-state index is 11.9. The molecule has 2 aromatic rings. The quantitative estimate of drug-likeness (QED) is 0.641. The number of nitrogens with two attached hydrogens (primary N) is 1. The third-order valence-corrected chi connectivity index (χ3v) is 5.56. The first-order valence-electron chi connectivity index (χ1n) is 8.49. The Balaban J connectivity index is 1.96. The maximum absolute atomic E-state index is 11.9. The van der Waals surface area contributed by atoms with E-state index in [0.717, 1.165) is 11.6 Å². The zero-order chi connectivity index (χ0) is 19.8. The van der Waals surface area contributed by atoms with Crippen molar-refractivity contribution < 1.29 is 13.3 Å². The summed E-state index contributed by atoms with van der Waals surface area (Å²) in [5.74, 6) is 0. The molecule has 2 N–H and O–H groups in total. The van der Waals surface area contributed by atoms with Crippen LogP contribution in [0.4, 0.5) is 11.4 Å². The van der Waals surface area contributed by atoms with Gasteiger partial charge in [-0.2, -0.15) is 0 Å². The van der Waals surface area contributed by atoms with Gasteiger partial charge in [0.15, 0.2) is 0 Å². The first-order valence-corrected chi connectivity index (χ1v) is 10.0. The topological polar surface area (TPSA) is 107 Å². The zero-order valence-electron chi connectivity index (χ0n) is 15.2. The predicted octanol–water partition coefficient (Wildman–Crippen LogP) is 3.15. The Kier molecular flexibility index (Phi) is 5.03. The van der Waals surface area contributed by atoms with Gasteiger partial charge in [-0.15, -0.1) is 0 Å². The summed E-state index contributed by atoms with van der Waals surface area (Å²) in [6.07, 6.45) is 2.74. The van der Waals surface area contributed by atoms with Crippen LogP contribution in [0.15, 0.2) is 47.4 Å². The Hall–Kier alpha value is -2.71. The van der Waals surface area contributed by atoms with E-state index in [1.165, 1.54) is 28.8 Å². The van der Waals surface area contributed by atoms with Crippen molar-refractivity contribution in [3.63, 3.8) is 0 Å². The SMILES string of the molecule is Cc1cc(C)cc(C2=CCN(c3cc([N+](=O)[O-])ccc3S(N)(=O)=O)CC2)c1. The molecule has 3 rings (SSSR count). The van der Waals surface area contributed by atoms with Crippen molar-refractivity contribution in [1.82, 2.24) is 0 Å². The highest BCUT2D eigenvalue weighted by Crippen LogP contribution is 2.32. The summed E-state index contributed by atoms with van der Waals surface area (Å²) in [7, 11) is -3.99. The van der Waals surface area contributed by atoms with Gasteiger partial charge in [-0.1, -0.05) is 35.4 Å². The van der Waals surface area contributed by atoms with Crippen LogP contribution in [0.2, 0.25) is 0 Å². The van der Waals surface area contributed by atoms with Gasteiger partial charge in [0, 0.05) is 25.2 Å². The van der Waals surface area contributed by atoms with E-state index in [-0.39, 0.29) is 16.3 Å². The van der Waals surface area contributed by atoms with Crippen LogP contribution in [0.3, 0.4) is 0 Å². The van der Waals surface area contributed by atoms with Crippen LogP contribution in [0.1, 0.15) is 23.1 Å². The molecule has 0 saturated carbocycles. The van der Waals surface area contributed by atoms with Crippen LogP contribution >= 0.6 is 0 Å². The molecule has 0 saturated heterocycles. The molecule has 0 bridgehead atoms. The molecule has 0 aromatic heterocycles. The van der Waals surface area contributed by atoms with Gasteiger partial charge < -0.3 is 4.90 Å². The van der Waals surface area contributed by atoms with Crippen LogP contribution in [-0.4, -0.2) is 26.4 Å². The van der Waals surface area contributed by atoms with Crippen molar-refractivity contribution in [3.05, 3.63) is 69.3 Å². The number of hydrogen-bond donors (Lipinski definition) is 1. The minimum atomic E-state index is -3.99.